The molecule has 6 nitrogen and oxygen atoms in total. The number of amidine groups is 1. The number of cyclic esters (lactones) is 2. The molecule has 7 rings (SSSR count). The van der Waals surface area contributed by atoms with Gasteiger partial charge in [0, 0.05) is 10.9 Å². The number of rotatable bonds is 0. The molecule has 0 unspecified atom stereocenters. The summed E-state index contributed by atoms with van der Waals surface area (Å²) in [7, 11) is 0. The van der Waals surface area contributed by atoms with E-state index in [4.69, 9.17) is 4.74 Å². The Morgan fingerprint density at radius 2 is 1.00 bits per heavy atom. The van der Waals surface area contributed by atoms with E-state index < -0.39 is 17.8 Å². The van der Waals surface area contributed by atoms with Crippen molar-refractivity contribution in [2.75, 3.05) is 0 Å². The number of esters is 2. The summed E-state index contributed by atoms with van der Waals surface area (Å²) in [5.41, 5.74) is 1.67. The smallest absolute Gasteiger partial charge is 0.824 e. The predicted molar refractivity (Wildman–Crippen MR) is 113 cm³/mol. The average molecular weight is 572 g/mol. The molecule has 5 aromatic carbocycles. The van der Waals surface area contributed by atoms with E-state index in [1.54, 1.807) is 24.3 Å². The first-order chi connectivity index (χ1) is 14.5. The molecule has 2 aliphatic rings. The second-order valence-electron chi connectivity index (χ2n) is 7.56. The molecule has 0 aromatic heterocycles. The van der Waals surface area contributed by atoms with Crippen molar-refractivity contribution in [3.63, 3.8) is 0 Å². The monoisotopic (exact) mass is 572 g/mol. The summed E-state index contributed by atoms with van der Waals surface area (Å²) in [6.07, 6.45) is 0. The molecule has 0 saturated carbocycles. The van der Waals surface area contributed by atoms with Gasteiger partial charge in [0.1, 0.15) is 0 Å². The van der Waals surface area contributed by atoms with E-state index in [9.17, 15) is 19.8 Å². The Morgan fingerprint density at radius 3 is 1.52 bits per heavy atom. The van der Waals surface area contributed by atoms with Crippen LogP contribution in [0.3, 0.4) is 0 Å². The molecule has 0 N–H and O–H groups in total. The summed E-state index contributed by atoms with van der Waals surface area (Å²) in [5, 5.41) is 20.4. The van der Waals surface area contributed by atoms with Crippen LogP contribution in [-0.4, -0.2) is 23.7 Å². The van der Waals surface area contributed by atoms with Crippen molar-refractivity contribution in [3.05, 3.63) is 81.5 Å². The van der Waals surface area contributed by atoms with Crippen molar-refractivity contribution in [3.8, 4) is 0 Å². The van der Waals surface area contributed by atoms with E-state index in [2.05, 4.69) is 5.32 Å². The summed E-state index contributed by atoms with van der Waals surface area (Å²) < 4.78 is 4.88. The fourth-order valence-electron chi connectivity index (χ4n) is 5.00. The fraction of sp³-hybridized carbons (Fsp3) is 0. The second-order valence-corrected chi connectivity index (χ2v) is 7.56. The number of hydrogen-bond acceptors (Lipinski definition) is 4. The molecule has 31 heavy (non-hydrogen) atoms. The summed E-state index contributed by atoms with van der Waals surface area (Å²) in [6, 6.07) is 14.2. The summed E-state index contributed by atoms with van der Waals surface area (Å²) in [5.74, 6) is -2.08. The maximum absolute atomic E-state index is 12.4. The Labute approximate surface area is 188 Å². The van der Waals surface area contributed by atoms with Crippen LogP contribution in [0.15, 0.2) is 48.5 Å². The first-order valence-corrected chi connectivity index (χ1v) is 9.33. The minimum absolute atomic E-state index is 0. The van der Waals surface area contributed by atoms with E-state index in [-0.39, 0.29) is 26.9 Å². The number of benzene rings is 5. The van der Waals surface area contributed by atoms with Crippen molar-refractivity contribution in [2.24, 2.45) is 0 Å². The number of carbonyl (C=O) groups is 3. The molecule has 7 heteroatoms. The van der Waals surface area contributed by atoms with Crippen molar-refractivity contribution in [2.45, 2.75) is 0 Å². The molecule has 0 bridgehead atoms. The molecular formula is C24H8N2O4W. The van der Waals surface area contributed by atoms with E-state index >= 15 is 0 Å². The Hall–Kier alpha value is -3.63. The van der Waals surface area contributed by atoms with Crippen LogP contribution in [0, 0.1) is 0 Å². The number of amides is 1. The molecule has 5 aromatic rings. The second kappa shape index (κ2) is 5.74. The summed E-state index contributed by atoms with van der Waals surface area (Å²) in [4.78, 5) is 37.1. The maximum atomic E-state index is 12.4. The zero-order valence-electron chi connectivity index (χ0n) is 15.6. The van der Waals surface area contributed by atoms with Crippen LogP contribution in [0.4, 0.5) is 0 Å². The van der Waals surface area contributed by atoms with Gasteiger partial charge < -0.3 is 20.3 Å². The molecule has 0 fully saturated rings. The van der Waals surface area contributed by atoms with E-state index in [1.807, 2.05) is 24.3 Å². The van der Waals surface area contributed by atoms with Crippen molar-refractivity contribution < 1.29 is 40.2 Å². The average Bonchev–Trinajstić information content (AvgIpc) is 2.74. The SMILES string of the molecule is [N-]=C1[N-]C(=O)c2ccc3c4ccc5c6c(ccc(c7ccc1c2c73)c64)C(=O)OC5=O.[W+2]. The fourth-order valence-corrected chi connectivity index (χ4v) is 5.00. The topological polar surface area (TPSA) is 96.8 Å². The maximum Gasteiger partial charge on any atom is 2.00 e. The molecule has 0 spiro atoms. The Kier molecular flexibility index (Phi) is 3.36. The van der Waals surface area contributed by atoms with E-state index in [1.165, 1.54) is 0 Å². The van der Waals surface area contributed by atoms with E-state index in [0.717, 1.165) is 32.3 Å². The molecule has 0 atom stereocenters. The van der Waals surface area contributed by atoms with Crippen LogP contribution >= 0.6 is 0 Å². The quantitative estimate of drug-likeness (QED) is 0.114. The molecule has 144 valence electrons. The van der Waals surface area contributed by atoms with Gasteiger partial charge in [0.05, 0.1) is 17.0 Å². The van der Waals surface area contributed by atoms with Gasteiger partial charge in [-0.05, 0) is 49.8 Å². The van der Waals surface area contributed by atoms with Gasteiger partial charge in [-0.1, -0.05) is 42.0 Å². The van der Waals surface area contributed by atoms with Crippen molar-refractivity contribution in [1.82, 2.24) is 0 Å². The van der Waals surface area contributed by atoms with Gasteiger partial charge >= 0.3 is 33.0 Å². The summed E-state index contributed by atoms with van der Waals surface area (Å²) in [6.45, 7) is 0. The standard InChI is InChI=1S/C24H9N2O4.W/c25-21-13-5-1-9-11-3-7-15-20-16(24(29)30-23(15)28)8-4-12(18(11)20)10-2-6-14(22(27)26-21)19(13)17(9)10;/h1-8H,(H-,25,26,27);/q-1;+2/p-1. The Bertz CT molecular complexity index is 1480. The number of nitrogens with zero attached hydrogens (tertiary/aromatic N) is 2. The van der Waals surface area contributed by atoms with Crippen LogP contribution in [0.2, 0.25) is 0 Å². The van der Waals surface area contributed by atoms with Crippen LogP contribution in [0.5, 0.6) is 0 Å². The molecule has 2 aliphatic heterocycles. The minimum atomic E-state index is -0.654. The third kappa shape index (κ3) is 2.01. The molecule has 1 amide bonds. The van der Waals surface area contributed by atoms with Gasteiger partial charge in [0.2, 0.25) is 0 Å². The molecule has 2 heterocycles. The van der Waals surface area contributed by atoms with Gasteiger partial charge in [0.25, 0.3) is 0 Å². The van der Waals surface area contributed by atoms with Gasteiger partial charge in [-0.25, -0.2) is 9.59 Å². The largest absolute Gasteiger partial charge is 2.00 e. The molecular weight excluding hydrogens is 564 g/mol. The van der Waals surface area contributed by atoms with Gasteiger partial charge in [-0.3, -0.25) is 5.84 Å². The third-order valence-corrected chi connectivity index (χ3v) is 6.21. The number of fused-ring (bicyclic) bond motifs is 2. The van der Waals surface area contributed by atoms with Gasteiger partial charge in [0.15, 0.2) is 0 Å². The van der Waals surface area contributed by atoms with Crippen LogP contribution < -0.4 is 0 Å². The van der Waals surface area contributed by atoms with Crippen LogP contribution in [0.25, 0.3) is 53.8 Å². The van der Waals surface area contributed by atoms with Crippen molar-refractivity contribution >= 4 is 66.8 Å². The number of carbonyl (C=O) groups excluding carboxylic acids is 3. The Morgan fingerprint density at radius 1 is 0.581 bits per heavy atom. The van der Waals surface area contributed by atoms with Gasteiger partial charge in [-0.15, -0.1) is 0 Å². The van der Waals surface area contributed by atoms with Crippen LogP contribution in [-0.2, 0) is 25.8 Å². The van der Waals surface area contributed by atoms with Crippen molar-refractivity contribution in [1.29, 1.82) is 0 Å². The molecule has 0 radical (unpaired) electrons. The van der Waals surface area contributed by atoms with E-state index in [0.29, 0.717) is 33.0 Å². The summed E-state index contributed by atoms with van der Waals surface area (Å²) >= 11 is 0. The minimum Gasteiger partial charge on any atom is -0.824 e. The van der Waals surface area contributed by atoms with Crippen LogP contribution in [0.1, 0.15) is 36.6 Å². The Balaban J connectivity index is 0.00000185. The first-order valence-electron chi connectivity index (χ1n) is 9.33. The zero-order chi connectivity index (χ0) is 20.3. The van der Waals surface area contributed by atoms with Gasteiger partial charge in [-0.2, -0.15) is 0 Å². The first kappa shape index (κ1) is 18.2. The normalized spacial score (nSPS) is 15.0. The molecule has 0 saturated heterocycles. The molecule has 0 aliphatic carbocycles. The number of hydrogen-bond donors (Lipinski definition) is 0. The predicted octanol–water partition coefficient (Wildman–Crippen LogP) is 4.89. The zero-order valence-corrected chi connectivity index (χ0v) is 18.5. The number of ether oxygens (including phenoxy) is 1. The third-order valence-electron chi connectivity index (χ3n) is 6.21.